The molecule has 1 aliphatic rings. The maximum absolute atomic E-state index is 12.2. The number of carbonyl (C=O) groups is 1. The molecular weight excluding hydrogens is 338 g/mol. The molecule has 3 N–H and O–H groups in total. The van der Waals surface area contributed by atoms with Gasteiger partial charge in [-0.15, -0.1) is 0 Å². The van der Waals surface area contributed by atoms with Gasteiger partial charge in [0.2, 0.25) is 5.91 Å². The number of hydrogen-bond acceptors (Lipinski definition) is 3. The van der Waals surface area contributed by atoms with Crippen molar-refractivity contribution in [2.24, 2.45) is 10.4 Å². The molecule has 1 saturated heterocycles. The van der Waals surface area contributed by atoms with Crippen LogP contribution in [0.4, 0.5) is 0 Å². The third kappa shape index (κ3) is 6.24. The number of amides is 1. The Labute approximate surface area is 163 Å². The highest BCUT2D eigenvalue weighted by molar-refractivity contribution is 5.84. The van der Waals surface area contributed by atoms with Gasteiger partial charge in [0.15, 0.2) is 5.96 Å². The highest BCUT2D eigenvalue weighted by Crippen LogP contribution is 2.24. The maximum Gasteiger partial charge on any atom is 0.227 e. The maximum atomic E-state index is 12.2. The van der Waals surface area contributed by atoms with Crippen molar-refractivity contribution in [1.29, 1.82) is 0 Å². The van der Waals surface area contributed by atoms with Crippen LogP contribution in [-0.4, -0.2) is 56.5 Å². The van der Waals surface area contributed by atoms with Crippen molar-refractivity contribution in [3.05, 3.63) is 35.9 Å². The molecule has 0 bridgehead atoms. The lowest BCUT2D eigenvalue weighted by Gasteiger charge is -2.29. The average molecular weight is 374 g/mol. The molecule has 1 aromatic rings. The van der Waals surface area contributed by atoms with E-state index in [-0.39, 0.29) is 5.91 Å². The number of likely N-dealkylation sites (tertiary alicyclic amines) is 1. The fourth-order valence-corrected chi connectivity index (χ4v) is 3.38. The first-order chi connectivity index (χ1) is 13.0. The van der Waals surface area contributed by atoms with Gasteiger partial charge in [0, 0.05) is 26.7 Å². The zero-order valence-electron chi connectivity index (χ0n) is 17.2. The fraction of sp³-hybridized carbons (Fsp3) is 0.619. The van der Waals surface area contributed by atoms with E-state index in [9.17, 15) is 4.79 Å². The van der Waals surface area contributed by atoms with Gasteiger partial charge in [0.25, 0.3) is 0 Å². The summed E-state index contributed by atoms with van der Waals surface area (Å²) in [5.74, 6) is 0.777. The highest BCUT2D eigenvalue weighted by atomic mass is 16.2. The Morgan fingerprint density at radius 3 is 2.41 bits per heavy atom. The van der Waals surface area contributed by atoms with Crippen LogP contribution in [0.15, 0.2) is 35.3 Å². The Morgan fingerprint density at radius 2 is 1.81 bits per heavy atom. The predicted molar refractivity (Wildman–Crippen MR) is 112 cm³/mol. The van der Waals surface area contributed by atoms with Crippen LogP contribution in [0.1, 0.15) is 45.2 Å². The Bertz CT molecular complexity index is 608. The van der Waals surface area contributed by atoms with Gasteiger partial charge in [0.05, 0.1) is 11.5 Å². The number of hydrogen-bond donors (Lipinski definition) is 3. The summed E-state index contributed by atoms with van der Waals surface area (Å²) in [5.41, 5.74) is 0.825. The number of nitrogens with one attached hydrogen (secondary N) is 3. The zero-order chi connectivity index (χ0) is 19.7. The molecule has 1 atom stereocenters. The zero-order valence-corrected chi connectivity index (χ0v) is 17.2. The quantitative estimate of drug-likeness (QED) is 0.482. The Morgan fingerprint density at radius 1 is 1.15 bits per heavy atom. The van der Waals surface area contributed by atoms with E-state index < -0.39 is 5.41 Å². The normalized spacial score (nSPS) is 16.8. The van der Waals surface area contributed by atoms with Gasteiger partial charge in [-0.25, -0.2) is 0 Å². The number of carbonyl (C=O) groups excluding carboxylic acids is 1. The molecule has 1 amide bonds. The van der Waals surface area contributed by atoms with E-state index >= 15 is 0 Å². The molecule has 1 heterocycles. The van der Waals surface area contributed by atoms with Crippen LogP contribution in [-0.2, 0) is 4.79 Å². The summed E-state index contributed by atoms with van der Waals surface area (Å²) in [5, 5.41) is 9.65. The van der Waals surface area contributed by atoms with Crippen LogP contribution in [0, 0.1) is 5.41 Å². The Hall–Kier alpha value is -2.08. The van der Waals surface area contributed by atoms with Crippen LogP contribution in [0.5, 0.6) is 0 Å². The number of guanidine groups is 1. The average Bonchev–Trinajstić information content (AvgIpc) is 3.20. The molecule has 0 radical (unpaired) electrons. The Balaban J connectivity index is 1.95. The second-order valence-electron chi connectivity index (χ2n) is 7.72. The molecule has 0 aliphatic carbocycles. The van der Waals surface area contributed by atoms with Crippen LogP contribution in [0.25, 0.3) is 0 Å². The molecule has 150 valence electrons. The van der Waals surface area contributed by atoms with E-state index in [1.165, 1.54) is 18.4 Å². The fourth-order valence-electron chi connectivity index (χ4n) is 3.38. The minimum absolute atomic E-state index is 0.0483. The standard InChI is InChI=1S/C21H35N5O/c1-5-23-19(27)21(2,3)16-25-20(22-4)24-15-18(26-13-9-10-14-26)17-11-7-6-8-12-17/h6-8,11-12,18H,5,9-10,13-16H2,1-4H3,(H,23,27)(H2,22,24,25). The molecule has 0 spiro atoms. The Kier molecular flexibility index (Phi) is 8.10. The van der Waals surface area contributed by atoms with Gasteiger partial charge in [-0.2, -0.15) is 0 Å². The SMILES string of the molecule is CCNC(=O)C(C)(C)CNC(=NC)NCC(c1ccccc1)N1CCCC1. The summed E-state index contributed by atoms with van der Waals surface area (Å²) in [6, 6.07) is 11.0. The van der Waals surface area contributed by atoms with Gasteiger partial charge in [-0.3, -0.25) is 14.7 Å². The second kappa shape index (κ2) is 10.3. The molecule has 6 heteroatoms. The predicted octanol–water partition coefficient (Wildman–Crippen LogP) is 2.15. The van der Waals surface area contributed by atoms with Crippen LogP contribution in [0.3, 0.4) is 0 Å². The molecule has 0 aromatic heterocycles. The van der Waals surface area contributed by atoms with Crippen molar-refractivity contribution in [2.45, 2.75) is 39.7 Å². The third-order valence-electron chi connectivity index (χ3n) is 5.10. The number of benzene rings is 1. The molecule has 1 aromatic carbocycles. The van der Waals surface area contributed by atoms with Gasteiger partial charge in [-0.05, 0) is 52.3 Å². The van der Waals surface area contributed by atoms with Crippen molar-refractivity contribution in [3.63, 3.8) is 0 Å². The number of rotatable bonds is 8. The van der Waals surface area contributed by atoms with Crippen LogP contribution >= 0.6 is 0 Å². The smallest absolute Gasteiger partial charge is 0.227 e. The molecule has 1 unspecified atom stereocenters. The number of nitrogens with zero attached hydrogens (tertiary/aromatic N) is 2. The first-order valence-corrected chi connectivity index (χ1v) is 9.99. The summed E-state index contributed by atoms with van der Waals surface area (Å²) in [6.45, 7) is 10.0. The summed E-state index contributed by atoms with van der Waals surface area (Å²) in [6.07, 6.45) is 2.52. The molecule has 27 heavy (non-hydrogen) atoms. The van der Waals surface area contributed by atoms with Gasteiger partial charge >= 0.3 is 0 Å². The lowest BCUT2D eigenvalue weighted by Crippen LogP contribution is -2.49. The summed E-state index contributed by atoms with van der Waals surface area (Å²) in [4.78, 5) is 19.0. The van der Waals surface area contributed by atoms with Crippen LogP contribution in [0.2, 0.25) is 0 Å². The summed E-state index contributed by atoms with van der Waals surface area (Å²) in [7, 11) is 1.77. The third-order valence-corrected chi connectivity index (χ3v) is 5.10. The summed E-state index contributed by atoms with van der Waals surface area (Å²) >= 11 is 0. The molecule has 1 aliphatic heterocycles. The van der Waals surface area contributed by atoms with Crippen LogP contribution < -0.4 is 16.0 Å². The van der Waals surface area contributed by atoms with Crippen molar-refractivity contribution >= 4 is 11.9 Å². The van der Waals surface area contributed by atoms with E-state index in [0.29, 0.717) is 19.1 Å². The molecule has 0 saturated carbocycles. The van der Waals surface area contributed by atoms with Crippen molar-refractivity contribution in [2.75, 3.05) is 39.8 Å². The lowest BCUT2D eigenvalue weighted by atomic mass is 9.92. The number of aliphatic imine (C=N–C) groups is 1. The van der Waals surface area contributed by atoms with E-state index in [1.807, 2.05) is 20.8 Å². The van der Waals surface area contributed by atoms with Crippen molar-refractivity contribution < 1.29 is 4.79 Å². The van der Waals surface area contributed by atoms with Gasteiger partial charge in [0.1, 0.15) is 0 Å². The van der Waals surface area contributed by atoms with Crippen molar-refractivity contribution in [1.82, 2.24) is 20.9 Å². The minimum Gasteiger partial charge on any atom is -0.356 e. The summed E-state index contributed by atoms with van der Waals surface area (Å²) < 4.78 is 0. The van der Waals surface area contributed by atoms with E-state index in [0.717, 1.165) is 25.6 Å². The minimum atomic E-state index is -0.499. The monoisotopic (exact) mass is 373 g/mol. The molecule has 6 nitrogen and oxygen atoms in total. The molecule has 2 rings (SSSR count). The lowest BCUT2D eigenvalue weighted by molar-refractivity contribution is -0.128. The highest BCUT2D eigenvalue weighted by Gasteiger charge is 2.28. The molecule has 1 fully saturated rings. The first-order valence-electron chi connectivity index (χ1n) is 9.99. The van der Waals surface area contributed by atoms with E-state index in [2.05, 4.69) is 56.2 Å². The topological polar surface area (TPSA) is 68.8 Å². The molecular formula is C21H35N5O. The largest absolute Gasteiger partial charge is 0.356 e. The van der Waals surface area contributed by atoms with E-state index in [1.54, 1.807) is 7.05 Å². The van der Waals surface area contributed by atoms with Crippen molar-refractivity contribution in [3.8, 4) is 0 Å². The van der Waals surface area contributed by atoms with Gasteiger partial charge in [-0.1, -0.05) is 30.3 Å². The van der Waals surface area contributed by atoms with Gasteiger partial charge < -0.3 is 16.0 Å². The van der Waals surface area contributed by atoms with E-state index in [4.69, 9.17) is 0 Å². The first kappa shape index (κ1) is 21.2. The second-order valence-corrected chi connectivity index (χ2v) is 7.72.